The minimum Gasteiger partial charge on any atom is -0.490 e. The third-order valence-corrected chi connectivity index (χ3v) is 7.87. The molecule has 0 radical (unpaired) electrons. The van der Waals surface area contributed by atoms with Gasteiger partial charge in [0.15, 0.2) is 23.5 Å². The Morgan fingerprint density at radius 2 is 1.83 bits per heavy atom. The minimum atomic E-state index is -1.71. The maximum atomic E-state index is 10.4. The Kier molecular flexibility index (Phi) is 7.68. The quantitative estimate of drug-likeness (QED) is 0.456. The molecule has 35 heavy (non-hydrogen) atoms. The van der Waals surface area contributed by atoms with Gasteiger partial charge in [-0.05, 0) is 82.9 Å². The van der Waals surface area contributed by atoms with E-state index >= 15 is 0 Å². The van der Waals surface area contributed by atoms with Crippen molar-refractivity contribution in [3.8, 4) is 35.8 Å². The average molecular weight is 581 g/mol. The highest BCUT2D eigenvalue weighted by atomic mass is 127. The Balaban J connectivity index is 2.32. The van der Waals surface area contributed by atoms with Gasteiger partial charge in [0.05, 0.1) is 33.6 Å². The number of ether oxygens (including phenoxy) is 2. The van der Waals surface area contributed by atoms with Crippen LogP contribution in [0.15, 0.2) is 35.1 Å². The van der Waals surface area contributed by atoms with Crippen LogP contribution < -0.4 is 15.2 Å². The van der Waals surface area contributed by atoms with E-state index in [1.54, 1.807) is 6.07 Å². The molecule has 3 atom stereocenters. The molecule has 3 rings (SSSR count). The Morgan fingerprint density at radius 1 is 1.14 bits per heavy atom. The number of fused-ring (bicyclic) bond motifs is 1. The molecule has 0 aliphatic heterocycles. The molecule has 180 valence electrons. The Labute approximate surface area is 220 Å². The van der Waals surface area contributed by atoms with Crippen molar-refractivity contribution in [1.82, 2.24) is 0 Å². The van der Waals surface area contributed by atoms with Crippen molar-refractivity contribution < 1.29 is 9.47 Å². The van der Waals surface area contributed by atoms with E-state index in [1.807, 2.05) is 19.1 Å². The average Bonchev–Trinajstić information content (AvgIpc) is 2.82. The summed E-state index contributed by atoms with van der Waals surface area (Å²) >= 11 is 2.11. The highest BCUT2D eigenvalue weighted by Crippen LogP contribution is 2.58. The van der Waals surface area contributed by atoms with Crippen molar-refractivity contribution in [2.75, 3.05) is 13.2 Å². The summed E-state index contributed by atoms with van der Waals surface area (Å²) < 4.78 is 12.2. The van der Waals surface area contributed by atoms with Gasteiger partial charge in [0.25, 0.3) is 0 Å². The van der Waals surface area contributed by atoms with Gasteiger partial charge in [-0.15, -0.1) is 0 Å². The number of hydrogen-bond acceptors (Lipinski definition) is 7. The van der Waals surface area contributed by atoms with Crippen molar-refractivity contribution >= 4 is 22.6 Å². The summed E-state index contributed by atoms with van der Waals surface area (Å²) in [7, 11) is 0. The van der Waals surface area contributed by atoms with Crippen LogP contribution in [-0.2, 0) is 0 Å². The number of nitrogens with two attached hydrogens (primary N) is 1. The second-order valence-corrected chi connectivity index (χ2v) is 11.1. The standard InChI is InChI=1S/C27H28IN5O2/c1-5-34-22-11-16(10-21(28)24(22)35-9-8-29)23-19-12-17(26(2,3)4)6-7-18(19)20(13-30)25(33)27(23,14-31)15-32/h7,10-11,17,19,23H,5-6,9,12,33H2,1-4H3/t17-,19+,23+/m1/s1. The molecule has 0 saturated heterocycles. The van der Waals surface area contributed by atoms with E-state index in [1.165, 1.54) is 0 Å². The van der Waals surface area contributed by atoms with E-state index in [2.05, 4.69) is 67.6 Å². The first-order valence-electron chi connectivity index (χ1n) is 11.5. The Morgan fingerprint density at radius 3 is 2.37 bits per heavy atom. The third-order valence-electron chi connectivity index (χ3n) is 7.07. The number of benzene rings is 1. The molecule has 0 unspecified atom stereocenters. The van der Waals surface area contributed by atoms with Gasteiger partial charge in [0.1, 0.15) is 12.1 Å². The summed E-state index contributed by atoms with van der Waals surface area (Å²) in [6, 6.07) is 12.2. The molecule has 2 N–H and O–H groups in total. The first-order valence-corrected chi connectivity index (χ1v) is 12.6. The molecule has 0 heterocycles. The monoisotopic (exact) mass is 581 g/mol. The molecule has 2 aliphatic rings. The van der Waals surface area contributed by atoms with Crippen LogP contribution >= 0.6 is 22.6 Å². The van der Waals surface area contributed by atoms with Gasteiger partial charge in [0.2, 0.25) is 0 Å². The minimum absolute atomic E-state index is 0.00415. The second-order valence-electron chi connectivity index (χ2n) is 9.92. The zero-order valence-corrected chi connectivity index (χ0v) is 22.5. The van der Waals surface area contributed by atoms with Gasteiger partial charge in [-0.1, -0.05) is 26.8 Å². The zero-order valence-electron chi connectivity index (χ0n) is 20.4. The molecule has 7 nitrogen and oxygen atoms in total. The van der Waals surface area contributed by atoms with Crippen molar-refractivity contribution in [3.05, 3.63) is 44.2 Å². The van der Waals surface area contributed by atoms with E-state index in [9.17, 15) is 15.8 Å². The van der Waals surface area contributed by atoms with Crippen LogP contribution in [0, 0.1) is 71.6 Å². The lowest BCUT2D eigenvalue weighted by Crippen LogP contribution is -2.44. The molecule has 0 bridgehead atoms. The summed E-state index contributed by atoms with van der Waals surface area (Å²) in [5.74, 6) is 0.337. The fraction of sp³-hybridized carbons (Fsp3) is 0.481. The Bertz CT molecular complexity index is 1230. The summed E-state index contributed by atoms with van der Waals surface area (Å²) in [5, 5.41) is 39.7. The SMILES string of the molecule is CCOc1cc([C@H]2[C@H]3C[C@H](C(C)(C)C)CC=C3C(C#N)=C(N)C2(C#N)C#N)cc(I)c1OCC#N. The van der Waals surface area contributed by atoms with Crippen LogP contribution in [0.3, 0.4) is 0 Å². The van der Waals surface area contributed by atoms with Gasteiger partial charge < -0.3 is 15.2 Å². The van der Waals surface area contributed by atoms with Crippen molar-refractivity contribution in [2.24, 2.45) is 28.4 Å². The first kappa shape index (κ1) is 26.4. The first-order chi connectivity index (χ1) is 16.6. The lowest BCUT2D eigenvalue weighted by molar-refractivity contribution is 0.170. The van der Waals surface area contributed by atoms with Gasteiger partial charge in [0, 0.05) is 5.92 Å². The second kappa shape index (κ2) is 10.2. The summed E-state index contributed by atoms with van der Waals surface area (Å²) in [6.45, 7) is 8.63. The molecule has 0 saturated carbocycles. The summed E-state index contributed by atoms with van der Waals surface area (Å²) in [5.41, 5.74) is 6.53. The van der Waals surface area contributed by atoms with Crippen LogP contribution in [0.25, 0.3) is 0 Å². The normalized spacial score (nSPS) is 23.0. The Hall–Kier alpha value is -3.21. The predicted molar refractivity (Wildman–Crippen MR) is 138 cm³/mol. The van der Waals surface area contributed by atoms with E-state index < -0.39 is 11.3 Å². The summed E-state index contributed by atoms with van der Waals surface area (Å²) in [4.78, 5) is 0. The van der Waals surface area contributed by atoms with E-state index in [0.717, 1.165) is 24.0 Å². The van der Waals surface area contributed by atoms with E-state index in [0.29, 0.717) is 27.6 Å². The predicted octanol–water partition coefficient (Wildman–Crippen LogP) is 5.46. The van der Waals surface area contributed by atoms with Crippen LogP contribution in [0.5, 0.6) is 11.5 Å². The molecule has 0 aromatic heterocycles. The van der Waals surface area contributed by atoms with Gasteiger partial charge in [-0.3, -0.25) is 0 Å². The maximum Gasteiger partial charge on any atom is 0.191 e. The highest BCUT2D eigenvalue weighted by Gasteiger charge is 2.55. The largest absolute Gasteiger partial charge is 0.490 e. The molecule has 2 aliphatic carbocycles. The van der Waals surface area contributed by atoms with Crippen molar-refractivity contribution in [2.45, 2.75) is 46.5 Å². The van der Waals surface area contributed by atoms with Crippen LogP contribution in [0.4, 0.5) is 0 Å². The van der Waals surface area contributed by atoms with Crippen LogP contribution in [0.2, 0.25) is 0 Å². The fourth-order valence-electron chi connectivity index (χ4n) is 5.25. The molecule has 8 heteroatoms. The van der Waals surface area contributed by atoms with Crippen LogP contribution in [0.1, 0.15) is 52.0 Å². The van der Waals surface area contributed by atoms with Gasteiger partial charge >= 0.3 is 0 Å². The smallest absolute Gasteiger partial charge is 0.191 e. The number of nitriles is 4. The number of rotatable bonds is 5. The van der Waals surface area contributed by atoms with Crippen molar-refractivity contribution in [1.29, 1.82) is 21.0 Å². The number of nitrogens with zero attached hydrogens (tertiary/aromatic N) is 4. The topological polar surface area (TPSA) is 140 Å². The molecular weight excluding hydrogens is 553 g/mol. The maximum absolute atomic E-state index is 10.4. The molecule has 1 aromatic carbocycles. The number of halogens is 1. The molecule has 0 spiro atoms. The van der Waals surface area contributed by atoms with Gasteiger partial charge in [-0.25, -0.2) is 0 Å². The molecule has 1 aromatic rings. The molecule has 0 amide bonds. The van der Waals surface area contributed by atoms with E-state index in [-0.39, 0.29) is 29.2 Å². The summed E-state index contributed by atoms with van der Waals surface area (Å²) in [6.07, 6.45) is 3.59. The fourth-order valence-corrected chi connectivity index (χ4v) is 6.03. The van der Waals surface area contributed by atoms with Crippen molar-refractivity contribution in [3.63, 3.8) is 0 Å². The number of hydrogen-bond donors (Lipinski definition) is 1. The van der Waals surface area contributed by atoms with Crippen LogP contribution in [-0.4, -0.2) is 13.2 Å². The third kappa shape index (κ3) is 4.56. The molecule has 0 fully saturated rings. The number of allylic oxidation sites excluding steroid dienone is 4. The van der Waals surface area contributed by atoms with E-state index in [4.69, 9.17) is 20.5 Å². The zero-order chi connectivity index (χ0) is 26.0. The highest BCUT2D eigenvalue weighted by molar-refractivity contribution is 14.1. The van der Waals surface area contributed by atoms with Gasteiger partial charge in [-0.2, -0.15) is 21.0 Å². The lowest BCUT2D eigenvalue weighted by Gasteiger charge is -2.47. The molecular formula is C27H28IN5O2. The lowest BCUT2D eigenvalue weighted by atomic mass is 9.54.